The van der Waals surface area contributed by atoms with Gasteiger partial charge in [0.15, 0.2) is 5.82 Å². The lowest BCUT2D eigenvalue weighted by Gasteiger charge is -2.40. The Labute approximate surface area is 265 Å². The average Bonchev–Trinajstić information content (AvgIpc) is 3.41. The topological polar surface area (TPSA) is 137 Å². The molecule has 5 aromatic rings. The maximum Gasteiger partial charge on any atom is 0.272 e. The molecule has 0 radical (unpaired) electrons. The number of carbonyl (C=O) groups is 2. The Bertz CT molecular complexity index is 2010. The number of carbonyl (C=O) groups excluding carboxylic acids is 2. The van der Waals surface area contributed by atoms with E-state index in [1.54, 1.807) is 24.3 Å². The molecule has 12 nitrogen and oxygen atoms in total. The van der Waals surface area contributed by atoms with Crippen LogP contribution in [-0.4, -0.2) is 89.5 Å². The minimum atomic E-state index is -0.130. The second kappa shape index (κ2) is 10.3. The van der Waals surface area contributed by atoms with Crippen molar-refractivity contribution in [2.75, 3.05) is 26.7 Å². The summed E-state index contributed by atoms with van der Waals surface area (Å²) in [4.78, 5) is 49.0. The number of ether oxygens (including phenoxy) is 1. The van der Waals surface area contributed by atoms with Gasteiger partial charge in [-0.3, -0.25) is 9.59 Å². The Morgan fingerprint density at radius 1 is 1.00 bits per heavy atom. The van der Waals surface area contributed by atoms with Crippen molar-refractivity contribution in [1.29, 1.82) is 0 Å². The minimum Gasteiger partial charge on any atom is -0.494 e. The molecule has 2 bridgehead atoms. The average molecular weight is 618 g/mol. The number of nitrogens with two attached hydrogens (primary N) is 1. The molecule has 234 valence electrons. The highest BCUT2D eigenvalue weighted by Crippen LogP contribution is 2.42. The zero-order chi connectivity index (χ0) is 31.1. The molecular formula is C34H35N9O3. The fourth-order valence-electron chi connectivity index (χ4n) is 7.84. The third-order valence-corrected chi connectivity index (χ3v) is 10.5. The number of piperidine rings is 1. The Kier molecular flexibility index (Phi) is 6.18. The zero-order valence-electron chi connectivity index (χ0n) is 25.6. The summed E-state index contributed by atoms with van der Waals surface area (Å²) in [6.45, 7) is 2.53. The number of hydrogen-bond donors (Lipinski definition) is 1. The van der Waals surface area contributed by atoms with Gasteiger partial charge in [0.25, 0.3) is 11.8 Å². The smallest absolute Gasteiger partial charge is 0.272 e. The maximum absolute atomic E-state index is 13.9. The van der Waals surface area contributed by atoms with Crippen LogP contribution in [0.25, 0.3) is 33.6 Å². The number of rotatable bonds is 7. The van der Waals surface area contributed by atoms with Crippen molar-refractivity contribution in [3.05, 3.63) is 66.4 Å². The van der Waals surface area contributed by atoms with Crippen LogP contribution in [-0.2, 0) is 6.54 Å². The molecule has 4 aromatic heterocycles. The van der Waals surface area contributed by atoms with Gasteiger partial charge in [-0.05, 0) is 73.9 Å². The largest absolute Gasteiger partial charge is 0.494 e. The summed E-state index contributed by atoms with van der Waals surface area (Å²) in [6.07, 6.45) is 9.23. The first kappa shape index (κ1) is 27.5. The predicted octanol–water partition coefficient (Wildman–Crippen LogP) is 3.52. The number of fused-ring (bicyclic) bond motifs is 4. The standard InChI is InChI=1S/C34H35N9O3/c1-46-28-13-22(33(44)42-15-21-6-7-26(42)29(21)35)11-25-30(28)43(23-16-40(17-23)34(45)24-8-10-36-18-38-24)32(39-25)27-12-20-3-2-9-37-31(20)41(27)14-19-4-5-19/h2-3,8-13,18-19,21,23,26,29H,4-7,14-17,35H2,1H3/t21?,26?,29-/m1/s1. The minimum absolute atomic E-state index is 0.0312. The number of pyridine rings is 1. The summed E-state index contributed by atoms with van der Waals surface area (Å²) < 4.78 is 10.5. The Balaban J connectivity index is 1.17. The molecular weight excluding hydrogens is 582 g/mol. The lowest BCUT2D eigenvalue weighted by atomic mass is 10.1. The number of hydrogen-bond acceptors (Lipinski definition) is 8. The molecule has 2 N–H and O–H groups in total. The fraction of sp³-hybridized carbons (Fsp3) is 0.412. The number of aromatic nitrogens is 6. The van der Waals surface area contributed by atoms with E-state index in [2.05, 4.69) is 31.2 Å². The molecule has 0 spiro atoms. The van der Waals surface area contributed by atoms with E-state index in [4.69, 9.17) is 20.4 Å². The van der Waals surface area contributed by atoms with Gasteiger partial charge in [0.1, 0.15) is 28.9 Å². The molecule has 1 aromatic carbocycles. The van der Waals surface area contributed by atoms with Crippen LogP contribution in [0.1, 0.15) is 52.6 Å². The highest BCUT2D eigenvalue weighted by molar-refractivity contribution is 6.01. The highest BCUT2D eigenvalue weighted by atomic mass is 16.5. The molecule has 4 fully saturated rings. The molecule has 46 heavy (non-hydrogen) atoms. The number of methoxy groups -OCH3 is 1. The summed E-state index contributed by atoms with van der Waals surface area (Å²) in [5.74, 6) is 2.17. The number of amides is 2. The van der Waals surface area contributed by atoms with Gasteiger partial charge < -0.3 is 29.4 Å². The first-order valence-electron chi connectivity index (χ1n) is 16.1. The number of nitrogens with zero attached hydrogens (tertiary/aromatic N) is 8. The van der Waals surface area contributed by atoms with Crippen LogP contribution in [0, 0.1) is 11.8 Å². The molecule has 2 aliphatic heterocycles. The van der Waals surface area contributed by atoms with E-state index >= 15 is 0 Å². The van der Waals surface area contributed by atoms with Gasteiger partial charge in [-0.2, -0.15) is 0 Å². The third-order valence-electron chi connectivity index (χ3n) is 10.5. The summed E-state index contributed by atoms with van der Waals surface area (Å²) in [6, 6.07) is 11.6. The van der Waals surface area contributed by atoms with Crippen molar-refractivity contribution in [3.63, 3.8) is 0 Å². The van der Waals surface area contributed by atoms with E-state index in [1.807, 2.05) is 29.3 Å². The Hall–Kier alpha value is -4.84. The van der Waals surface area contributed by atoms with Crippen molar-refractivity contribution in [2.45, 2.75) is 50.4 Å². The monoisotopic (exact) mass is 617 g/mol. The summed E-state index contributed by atoms with van der Waals surface area (Å²) in [5.41, 5.74) is 10.8. The van der Waals surface area contributed by atoms with Crippen molar-refractivity contribution < 1.29 is 14.3 Å². The van der Waals surface area contributed by atoms with E-state index in [0.29, 0.717) is 54.0 Å². The van der Waals surface area contributed by atoms with Crippen LogP contribution in [0.15, 0.2) is 55.1 Å². The lowest BCUT2D eigenvalue weighted by Crippen LogP contribution is -2.51. The lowest BCUT2D eigenvalue weighted by molar-refractivity contribution is 0.0521. The second-order valence-electron chi connectivity index (χ2n) is 13.2. The van der Waals surface area contributed by atoms with Crippen molar-refractivity contribution in [1.82, 2.24) is 38.9 Å². The van der Waals surface area contributed by atoms with Crippen LogP contribution in [0.3, 0.4) is 0 Å². The molecule has 2 amide bonds. The normalized spacial score (nSPS) is 22.6. The van der Waals surface area contributed by atoms with Crippen molar-refractivity contribution in [2.24, 2.45) is 17.6 Å². The van der Waals surface area contributed by atoms with Crippen LogP contribution >= 0.6 is 0 Å². The van der Waals surface area contributed by atoms with Crippen molar-refractivity contribution in [3.8, 4) is 17.3 Å². The van der Waals surface area contributed by atoms with Crippen LogP contribution < -0.4 is 10.5 Å². The van der Waals surface area contributed by atoms with Gasteiger partial charge >= 0.3 is 0 Å². The van der Waals surface area contributed by atoms with Crippen molar-refractivity contribution >= 4 is 33.9 Å². The molecule has 4 aliphatic rings. The molecule has 2 unspecified atom stereocenters. The number of benzene rings is 1. The molecule has 2 saturated heterocycles. The molecule has 12 heteroatoms. The third kappa shape index (κ3) is 4.23. The predicted molar refractivity (Wildman–Crippen MR) is 170 cm³/mol. The van der Waals surface area contributed by atoms with Crippen LogP contribution in [0.5, 0.6) is 5.75 Å². The highest BCUT2D eigenvalue weighted by Gasteiger charge is 2.47. The van der Waals surface area contributed by atoms with Crippen LogP contribution in [0.4, 0.5) is 0 Å². The first-order valence-corrected chi connectivity index (χ1v) is 16.1. The Morgan fingerprint density at radius 3 is 2.59 bits per heavy atom. The van der Waals surface area contributed by atoms with E-state index in [9.17, 15) is 9.59 Å². The first-order chi connectivity index (χ1) is 22.5. The van der Waals surface area contributed by atoms with E-state index in [-0.39, 0.29) is 29.9 Å². The number of likely N-dealkylation sites (tertiary alicyclic amines) is 2. The van der Waals surface area contributed by atoms with Gasteiger partial charge in [0.05, 0.1) is 24.4 Å². The quantitative estimate of drug-likeness (QED) is 0.293. The van der Waals surface area contributed by atoms with E-state index in [0.717, 1.165) is 47.5 Å². The zero-order valence-corrected chi connectivity index (χ0v) is 25.6. The maximum atomic E-state index is 13.9. The molecule has 2 aliphatic carbocycles. The SMILES string of the molecule is COc1cc(C(=O)N2CC3CCC2[C@@H]3N)cc2nc(-c3cc4cccnc4n3CC3CC3)n(C3CN(C(=O)c4ccncn4)C3)c12. The Morgan fingerprint density at radius 2 is 1.87 bits per heavy atom. The number of imidazole rings is 1. The van der Waals surface area contributed by atoms with Crippen LogP contribution in [0.2, 0.25) is 0 Å². The second-order valence-corrected chi connectivity index (χ2v) is 13.2. The molecule has 3 atom stereocenters. The molecule has 2 saturated carbocycles. The summed E-state index contributed by atoms with van der Waals surface area (Å²) in [5, 5.41) is 1.05. The molecule has 6 heterocycles. The summed E-state index contributed by atoms with van der Waals surface area (Å²) >= 11 is 0. The van der Waals surface area contributed by atoms with Gasteiger partial charge in [-0.25, -0.2) is 19.9 Å². The van der Waals surface area contributed by atoms with E-state index < -0.39 is 0 Å². The molecule has 9 rings (SSSR count). The van der Waals surface area contributed by atoms with Gasteiger partial charge in [0, 0.05) is 61.6 Å². The van der Waals surface area contributed by atoms with Gasteiger partial charge in [0.2, 0.25) is 0 Å². The van der Waals surface area contributed by atoms with E-state index in [1.165, 1.54) is 19.2 Å². The van der Waals surface area contributed by atoms with Gasteiger partial charge in [-0.15, -0.1) is 0 Å². The fourth-order valence-corrected chi connectivity index (χ4v) is 7.84. The summed E-state index contributed by atoms with van der Waals surface area (Å²) in [7, 11) is 1.63. The van der Waals surface area contributed by atoms with Gasteiger partial charge in [-0.1, -0.05) is 0 Å².